The molecule has 0 heterocycles. The van der Waals surface area contributed by atoms with Gasteiger partial charge in [-0.2, -0.15) is 0 Å². The fraction of sp³-hybridized carbons (Fsp3) is 0.333. The molecule has 0 bridgehead atoms. The first-order valence-electron chi connectivity index (χ1n) is 5.81. The summed E-state index contributed by atoms with van der Waals surface area (Å²) in [5, 5.41) is 4.87. The summed E-state index contributed by atoms with van der Waals surface area (Å²) in [6, 6.07) is 4.45. The molecule has 0 aromatic heterocycles. The number of carbonyl (C=O) groups is 2. The van der Waals surface area contributed by atoms with Crippen molar-refractivity contribution in [3.05, 3.63) is 23.8 Å². The van der Waals surface area contributed by atoms with Crippen molar-refractivity contribution in [2.24, 2.45) is 5.73 Å². The molecule has 1 aromatic rings. The molecule has 0 radical (unpaired) electrons. The zero-order valence-electron chi connectivity index (χ0n) is 11.3. The Bertz CT molecular complexity index is 626. The number of hydrogen-bond acceptors (Lipinski definition) is 5. The van der Waals surface area contributed by atoms with Gasteiger partial charge in [0.05, 0.1) is 18.0 Å². The molecule has 20 heavy (non-hydrogen) atoms. The van der Waals surface area contributed by atoms with Gasteiger partial charge < -0.3 is 16.4 Å². The molecular formula is C12H17N3O4S. The van der Waals surface area contributed by atoms with Crippen LogP contribution in [0.15, 0.2) is 23.1 Å². The second kappa shape index (κ2) is 6.49. The number of anilines is 1. The Labute approximate surface area is 117 Å². The SMILES string of the molecule is Cc1ccc(S(C)(=O)=O)cc1NC(=O)CNC(=O)CN. The number of nitrogens with two attached hydrogens (primary N) is 1. The fourth-order valence-electron chi connectivity index (χ4n) is 1.41. The van der Waals surface area contributed by atoms with Crippen molar-refractivity contribution < 1.29 is 18.0 Å². The average Bonchev–Trinajstić information content (AvgIpc) is 2.37. The highest BCUT2D eigenvalue weighted by Crippen LogP contribution is 2.19. The number of nitrogens with one attached hydrogen (secondary N) is 2. The Morgan fingerprint density at radius 2 is 1.90 bits per heavy atom. The first-order valence-corrected chi connectivity index (χ1v) is 7.70. The number of benzene rings is 1. The lowest BCUT2D eigenvalue weighted by molar-refractivity contribution is -0.123. The summed E-state index contributed by atoms with van der Waals surface area (Å²) in [5.41, 5.74) is 6.20. The summed E-state index contributed by atoms with van der Waals surface area (Å²) in [7, 11) is -3.35. The van der Waals surface area contributed by atoms with Gasteiger partial charge >= 0.3 is 0 Å². The van der Waals surface area contributed by atoms with Crippen LogP contribution in [0.4, 0.5) is 5.69 Å². The summed E-state index contributed by atoms with van der Waals surface area (Å²) in [5.74, 6) is -0.901. The fourth-order valence-corrected chi connectivity index (χ4v) is 2.06. The first kappa shape index (κ1) is 16.1. The molecule has 4 N–H and O–H groups in total. The number of rotatable bonds is 5. The smallest absolute Gasteiger partial charge is 0.243 e. The largest absolute Gasteiger partial charge is 0.346 e. The summed E-state index contributed by atoms with van der Waals surface area (Å²) in [6.45, 7) is 1.31. The number of hydrogen-bond donors (Lipinski definition) is 3. The average molecular weight is 299 g/mol. The zero-order chi connectivity index (χ0) is 15.3. The molecule has 0 aliphatic rings. The Balaban J connectivity index is 2.82. The third kappa shape index (κ3) is 4.63. The Hall–Kier alpha value is -1.93. The van der Waals surface area contributed by atoms with E-state index < -0.39 is 21.7 Å². The van der Waals surface area contributed by atoms with Crippen molar-refractivity contribution in [2.75, 3.05) is 24.7 Å². The summed E-state index contributed by atoms with van der Waals surface area (Å²) in [6.07, 6.45) is 1.09. The van der Waals surface area contributed by atoms with E-state index in [1.165, 1.54) is 12.1 Å². The van der Waals surface area contributed by atoms with E-state index in [0.717, 1.165) is 11.8 Å². The van der Waals surface area contributed by atoms with Crippen molar-refractivity contribution in [2.45, 2.75) is 11.8 Å². The van der Waals surface area contributed by atoms with Gasteiger partial charge in [-0.1, -0.05) is 6.07 Å². The number of carbonyl (C=O) groups excluding carboxylic acids is 2. The van der Waals surface area contributed by atoms with Crippen molar-refractivity contribution in [3.63, 3.8) is 0 Å². The van der Waals surface area contributed by atoms with Crippen LogP contribution in [0, 0.1) is 6.92 Å². The highest BCUT2D eigenvalue weighted by Gasteiger charge is 2.11. The number of sulfone groups is 1. The van der Waals surface area contributed by atoms with Gasteiger partial charge in [0.25, 0.3) is 0 Å². The lowest BCUT2D eigenvalue weighted by atomic mass is 10.2. The molecule has 1 aromatic carbocycles. The zero-order valence-corrected chi connectivity index (χ0v) is 12.1. The van der Waals surface area contributed by atoms with Crippen LogP contribution in [-0.2, 0) is 19.4 Å². The van der Waals surface area contributed by atoms with E-state index in [1.54, 1.807) is 13.0 Å². The van der Waals surface area contributed by atoms with E-state index in [4.69, 9.17) is 5.73 Å². The van der Waals surface area contributed by atoms with Gasteiger partial charge in [-0.3, -0.25) is 9.59 Å². The van der Waals surface area contributed by atoms with Crippen LogP contribution in [0.5, 0.6) is 0 Å². The van der Waals surface area contributed by atoms with Crippen LogP contribution >= 0.6 is 0 Å². The molecule has 0 aliphatic carbocycles. The van der Waals surface area contributed by atoms with Gasteiger partial charge in [0.2, 0.25) is 11.8 Å². The summed E-state index contributed by atoms with van der Waals surface area (Å²) >= 11 is 0. The van der Waals surface area contributed by atoms with Gasteiger partial charge in [0.15, 0.2) is 9.84 Å². The molecule has 0 saturated heterocycles. The van der Waals surface area contributed by atoms with E-state index in [-0.39, 0.29) is 18.0 Å². The third-order valence-corrected chi connectivity index (χ3v) is 3.65. The lowest BCUT2D eigenvalue weighted by Crippen LogP contribution is -2.36. The van der Waals surface area contributed by atoms with E-state index in [2.05, 4.69) is 10.6 Å². The number of amides is 2. The van der Waals surface area contributed by atoms with Crippen LogP contribution in [0.25, 0.3) is 0 Å². The minimum atomic E-state index is -3.35. The second-order valence-corrected chi connectivity index (χ2v) is 6.29. The van der Waals surface area contributed by atoms with E-state index >= 15 is 0 Å². The van der Waals surface area contributed by atoms with Crippen LogP contribution in [0.1, 0.15) is 5.56 Å². The molecule has 7 nitrogen and oxygen atoms in total. The molecule has 0 saturated carbocycles. The van der Waals surface area contributed by atoms with Crippen LogP contribution in [-0.4, -0.2) is 39.6 Å². The van der Waals surface area contributed by atoms with Crippen molar-refractivity contribution in [1.29, 1.82) is 0 Å². The van der Waals surface area contributed by atoms with Gasteiger partial charge in [-0.15, -0.1) is 0 Å². The van der Waals surface area contributed by atoms with Crippen molar-refractivity contribution >= 4 is 27.3 Å². The molecule has 1 rings (SSSR count). The van der Waals surface area contributed by atoms with Crippen LogP contribution in [0.2, 0.25) is 0 Å². The lowest BCUT2D eigenvalue weighted by Gasteiger charge is -2.10. The van der Waals surface area contributed by atoms with E-state index in [9.17, 15) is 18.0 Å². The van der Waals surface area contributed by atoms with E-state index in [0.29, 0.717) is 5.69 Å². The Morgan fingerprint density at radius 3 is 2.45 bits per heavy atom. The molecule has 0 aliphatic heterocycles. The first-order chi connectivity index (χ1) is 9.24. The molecule has 0 spiro atoms. The van der Waals surface area contributed by atoms with Crippen molar-refractivity contribution in [3.8, 4) is 0 Å². The monoisotopic (exact) mass is 299 g/mol. The normalized spacial score (nSPS) is 10.9. The molecule has 0 unspecified atom stereocenters. The molecule has 110 valence electrons. The minimum absolute atomic E-state index is 0.115. The molecule has 2 amide bonds. The maximum Gasteiger partial charge on any atom is 0.243 e. The van der Waals surface area contributed by atoms with Crippen LogP contribution in [0.3, 0.4) is 0 Å². The predicted octanol–water partition coefficient (Wildman–Crippen LogP) is -0.588. The molecular weight excluding hydrogens is 282 g/mol. The maximum atomic E-state index is 11.6. The van der Waals surface area contributed by atoms with Gasteiger partial charge in [0, 0.05) is 11.9 Å². The summed E-state index contributed by atoms with van der Waals surface area (Å²) in [4.78, 5) is 22.7. The standard InChI is InChI=1S/C12H17N3O4S/c1-8-3-4-9(20(2,18)19)5-10(8)15-12(17)7-14-11(16)6-13/h3-5H,6-7,13H2,1-2H3,(H,14,16)(H,15,17). The van der Waals surface area contributed by atoms with Gasteiger partial charge in [0.1, 0.15) is 0 Å². The topological polar surface area (TPSA) is 118 Å². The van der Waals surface area contributed by atoms with Crippen LogP contribution < -0.4 is 16.4 Å². The van der Waals surface area contributed by atoms with E-state index in [1.807, 2.05) is 0 Å². The van der Waals surface area contributed by atoms with Gasteiger partial charge in [-0.05, 0) is 24.6 Å². The third-order valence-electron chi connectivity index (χ3n) is 2.54. The number of aryl methyl sites for hydroxylation is 1. The Kier molecular flexibility index (Phi) is 5.23. The highest BCUT2D eigenvalue weighted by atomic mass is 32.2. The predicted molar refractivity (Wildman–Crippen MR) is 75.0 cm³/mol. The maximum absolute atomic E-state index is 11.6. The molecule has 0 fully saturated rings. The minimum Gasteiger partial charge on any atom is -0.346 e. The van der Waals surface area contributed by atoms with Crippen molar-refractivity contribution in [1.82, 2.24) is 5.32 Å². The molecule has 0 atom stereocenters. The second-order valence-electron chi connectivity index (χ2n) is 4.28. The van der Waals surface area contributed by atoms with Gasteiger partial charge in [-0.25, -0.2) is 8.42 Å². The molecule has 8 heteroatoms. The quantitative estimate of drug-likeness (QED) is 0.671. The summed E-state index contributed by atoms with van der Waals surface area (Å²) < 4.78 is 22.9. The highest BCUT2D eigenvalue weighted by molar-refractivity contribution is 7.90. The Morgan fingerprint density at radius 1 is 1.25 bits per heavy atom.